The van der Waals surface area contributed by atoms with Crippen molar-refractivity contribution in [1.82, 2.24) is 19.9 Å². The molecule has 0 aliphatic carbocycles. The number of fused-ring (bicyclic) bond motifs is 1. The summed E-state index contributed by atoms with van der Waals surface area (Å²) in [6, 6.07) is 0. The zero-order chi connectivity index (χ0) is 19.4. The molecule has 1 aliphatic heterocycles. The van der Waals surface area contributed by atoms with Crippen LogP contribution in [0.4, 0.5) is 5.82 Å². The van der Waals surface area contributed by atoms with Gasteiger partial charge in [-0.25, -0.2) is 15.0 Å². The maximum atomic E-state index is 9.96. The highest BCUT2D eigenvalue weighted by atomic mass is 16.7. The maximum absolute atomic E-state index is 9.96. The van der Waals surface area contributed by atoms with Gasteiger partial charge in [0.25, 0.3) is 0 Å². The monoisotopic (exact) mass is 383 g/mol. The molecule has 0 bridgehead atoms. The molecule has 0 saturated carbocycles. The summed E-state index contributed by atoms with van der Waals surface area (Å²) in [5.74, 6) is 0.781. The third-order valence-electron chi connectivity index (χ3n) is 4.55. The lowest BCUT2D eigenvalue weighted by molar-refractivity contribution is -0.303. The third-order valence-corrected chi connectivity index (χ3v) is 4.55. The quantitative estimate of drug-likeness (QED) is 0.319. The first-order chi connectivity index (χ1) is 13.0. The fraction of sp³-hybridized carbons (Fsp3) is 0.688. The van der Waals surface area contributed by atoms with Gasteiger partial charge in [-0.15, -0.1) is 0 Å². The first-order valence-corrected chi connectivity index (χ1v) is 8.81. The molecular weight excluding hydrogens is 358 g/mol. The number of rotatable bonds is 8. The highest BCUT2D eigenvalue weighted by Crippen LogP contribution is 2.22. The number of hydrogen-bond donors (Lipinski definition) is 6. The van der Waals surface area contributed by atoms with Gasteiger partial charge in [0.05, 0.1) is 19.5 Å². The molecule has 2 aromatic heterocycles. The van der Waals surface area contributed by atoms with Crippen LogP contribution in [0.15, 0.2) is 12.7 Å². The molecule has 1 fully saturated rings. The van der Waals surface area contributed by atoms with E-state index in [1.165, 1.54) is 6.33 Å². The first-order valence-electron chi connectivity index (χ1n) is 8.81. The van der Waals surface area contributed by atoms with E-state index in [4.69, 9.17) is 9.47 Å². The molecule has 3 heterocycles. The van der Waals surface area contributed by atoms with Crippen molar-refractivity contribution in [2.45, 2.75) is 44.1 Å². The van der Waals surface area contributed by atoms with E-state index in [9.17, 15) is 20.4 Å². The minimum absolute atomic E-state index is 0.115. The number of nitrogens with one attached hydrogen (secondary N) is 2. The number of ether oxygens (including phenoxy) is 2. The van der Waals surface area contributed by atoms with Crippen LogP contribution >= 0.6 is 0 Å². The lowest BCUT2D eigenvalue weighted by atomic mass is 9.99. The number of aliphatic hydroxyl groups excluding tert-OH is 4. The second-order valence-electron chi connectivity index (χ2n) is 6.67. The van der Waals surface area contributed by atoms with Gasteiger partial charge in [0, 0.05) is 6.54 Å². The summed E-state index contributed by atoms with van der Waals surface area (Å²) in [7, 11) is 0. The van der Waals surface area contributed by atoms with Crippen molar-refractivity contribution in [3.63, 3.8) is 0 Å². The van der Waals surface area contributed by atoms with Crippen molar-refractivity contribution in [2.24, 2.45) is 5.92 Å². The van der Waals surface area contributed by atoms with Crippen molar-refractivity contribution >= 4 is 17.0 Å². The normalized spacial score (nSPS) is 29.7. The fourth-order valence-electron chi connectivity index (χ4n) is 2.88. The topological polar surface area (TPSA) is 166 Å². The van der Waals surface area contributed by atoms with Gasteiger partial charge in [-0.2, -0.15) is 0 Å². The van der Waals surface area contributed by atoms with E-state index in [0.717, 1.165) is 11.9 Å². The second kappa shape index (κ2) is 8.87. The number of nitrogens with zero attached hydrogens (tertiary/aromatic N) is 3. The highest BCUT2D eigenvalue weighted by molar-refractivity contribution is 5.81. The Kier molecular flexibility index (Phi) is 6.52. The number of aromatic amines is 1. The molecule has 0 aromatic carbocycles. The molecule has 11 nitrogen and oxygen atoms in total. The Bertz CT molecular complexity index is 728. The molecule has 1 saturated heterocycles. The number of aromatic nitrogens is 4. The smallest absolute Gasteiger partial charge is 0.186 e. The van der Waals surface area contributed by atoms with Gasteiger partial charge in [0.15, 0.2) is 17.8 Å². The number of imidazole rings is 1. The minimum atomic E-state index is -1.44. The lowest BCUT2D eigenvalue weighted by Crippen LogP contribution is -2.59. The summed E-state index contributed by atoms with van der Waals surface area (Å²) in [5.41, 5.74) is 1.33. The fourth-order valence-corrected chi connectivity index (χ4v) is 2.88. The SMILES string of the molecule is C[C@@H](CCNc1ncnc2nc[nH]c12)CO[C@H]1O[C@H](CO)[C@@H](O)[C@H](O)[C@H]1O. The number of hydrogen-bond acceptors (Lipinski definition) is 10. The van der Waals surface area contributed by atoms with E-state index >= 15 is 0 Å². The Morgan fingerprint density at radius 3 is 2.81 bits per heavy atom. The van der Waals surface area contributed by atoms with Crippen LogP contribution in [0.5, 0.6) is 0 Å². The van der Waals surface area contributed by atoms with Gasteiger partial charge in [-0.1, -0.05) is 6.92 Å². The molecule has 150 valence electrons. The van der Waals surface area contributed by atoms with Crippen molar-refractivity contribution in [2.75, 3.05) is 25.1 Å². The van der Waals surface area contributed by atoms with Gasteiger partial charge in [0.2, 0.25) is 0 Å². The molecule has 0 radical (unpaired) electrons. The molecule has 3 rings (SSSR count). The molecule has 6 N–H and O–H groups in total. The Morgan fingerprint density at radius 1 is 1.22 bits per heavy atom. The van der Waals surface area contributed by atoms with Gasteiger partial charge < -0.3 is 40.2 Å². The first kappa shape index (κ1) is 19.9. The zero-order valence-electron chi connectivity index (χ0n) is 14.9. The molecule has 11 heteroatoms. The second-order valence-corrected chi connectivity index (χ2v) is 6.67. The largest absolute Gasteiger partial charge is 0.394 e. The average Bonchev–Trinajstić information content (AvgIpc) is 3.15. The van der Waals surface area contributed by atoms with Gasteiger partial charge in [-0.05, 0) is 12.3 Å². The van der Waals surface area contributed by atoms with E-state index in [0.29, 0.717) is 18.0 Å². The molecule has 0 unspecified atom stereocenters. The molecule has 1 aliphatic rings. The predicted octanol–water partition coefficient (Wildman–Crippen LogP) is -1.39. The molecule has 6 atom stereocenters. The summed E-state index contributed by atoms with van der Waals surface area (Å²) >= 11 is 0. The summed E-state index contributed by atoms with van der Waals surface area (Å²) in [6.45, 7) is 2.39. The number of H-pyrrole nitrogens is 1. The summed E-state index contributed by atoms with van der Waals surface area (Å²) < 4.78 is 10.9. The van der Waals surface area contributed by atoms with Crippen LogP contribution in [0.25, 0.3) is 11.2 Å². The Balaban J connectivity index is 1.44. The summed E-state index contributed by atoms with van der Waals surface area (Å²) in [5, 5.41) is 41.9. The Labute approximate surface area is 155 Å². The maximum Gasteiger partial charge on any atom is 0.186 e. The Morgan fingerprint density at radius 2 is 2.04 bits per heavy atom. The van der Waals surface area contributed by atoms with E-state index in [1.54, 1.807) is 6.33 Å². The van der Waals surface area contributed by atoms with E-state index < -0.39 is 37.3 Å². The standard InChI is InChI=1S/C16H25N5O6/c1-8(2-3-17-14-10-15(19-6-18-10)21-7-20-14)5-26-16-13(25)12(24)11(23)9(4-22)27-16/h6-9,11-13,16,22-25H,2-5H2,1H3,(H2,17,18,19,20,21)/t8-,9+,11+,12-,13+,16-/m0/s1. The van der Waals surface area contributed by atoms with E-state index in [2.05, 4.69) is 25.3 Å². The summed E-state index contributed by atoms with van der Waals surface area (Å²) in [4.78, 5) is 15.3. The molecular formula is C16H25N5O6. The molecule has 0 amide bonds. The zero-order valence-corrected chi connectivity index (χ0v) is 14.9. The minimum Gasteiger partial charge on any atom is -0.394 e. The van der Waals surface area contributed by atoms with Crippen LogP contribution in [0, 0.1) is 5.92 Å². The van der Waals surface area contributed by atoms with Crippen molar-refractivity contribution in [3.8, 4) is 0 Å². The predicted molar refractivity (Wildman–Crippen MR) is 93.7 cm³/mol. The number of aliphatic hydroxyl groups is 4. The van der Waals surface area contributed by atoms with Gasteiger partial charge >= 0.3 is 0 Å². The molecule has 2 aromatic rings. The van der Waals surface area contributed by atoms with Crippen molar-refractivity contribution in [3.05, 3.63) is 12.7 Å². The molecule has 27 heavy (non-hydrogen) atoms. The van der Waals surface area contributed by atoms with E-state index in [-0.39, 0.29) is 12.5 Å². The average molecular weight is 383 g/mol. The van der Waals surface area contributed by atoms with Gasteiger partial charge in [0.1, 0.15) is 36.3 Å². The Hall–Kier alpha value is -1.89. The van der Waals surface area contributed by atoms with E-state index in [1.807, 2.05) is 6.92 Å². The van der Waals surface area contributed by atoms with Crippen LogP contribution in [-0.4, -0.2) is 90.8 Å². The van der Waals surface area contributed by atoms with Crippen LogP contribution in [-0.2, 0) is 9.47 Å². The van der Waals surface area contributed by atoms with Gasteiger partial charge in [-0.3, -0.25) is 0 Å². The number of anilines is 1. The third kappa shape index (κ3) is 4.51. The van der Waals surface area contributed by atoms with Crippen molar-refractivity contribution in [1.29, 1.82) is 0 Å². The van der Waals surface area contributed by atoms with Crippen LogP contribution in [0.2, 0.25) is 0 Å². The van der Waals surface area contributed by atoms with Crippen LogP contribution < -0.4 is 5.32 Å². The highest BCUT2D eigenvalue weighted by Gasteiger charge is 2.44. The molecule has 0 spiro atoms. The van der Waals surface area contributed by atoms with Crippen LogP contribution in [0.1, 0.15) is 13.3 Å². The summed E-state index contributed by atoms with van der Waals surface area (Å²) in [6.07, 6.45) is -2.55. The van der Waals surface area contributed by atoms with Crippen molar-refractivity contribution < 1.29 is 29.9 Å². The lowest BCUT2D eigenvalue weighted by Gasteiger charge is -2.39. The van der Waals surface area contributed by atoms with Crippen LogP contribution in [0.3, 0.4) is 0 Å².